The van der Waals surface area contributed by atoms with E-state index in [1.54, 1.807) is 7.05 Å². The molecule has 0 amide bonds. The van der Waals surface area contributed by atoms with E-state index < -0.39 is 12.2 Å². The molecule has 0 fully saturated rings. The summed E-state index contributed by atoms with van der Waals surface area (Å²) < 4.78 is 0. The Kier molecular flexibility index (Phi) is 3.24. The maximum absolute atomic E-state index is 9.91. The van der Waals surface area contributed by atoms with Crippen LogP contribution in [0, 0.1) is 0 Å². The fourth-order valence-corrected chi connectivity index (χ4v) is 1.79. The first-order valence-corrected chi connectivity index (χ1v) is 5.30. The Morgan fingerprint density at radius 1 is 1.31 bits per heavy atom. The molecule has 86 valence electrons. The molecule has 2 aromatic rings. The molecule has 1 aromatic carbocycles. The molecule has 2 unspecified atom stereocenters. The number of fused-ring (bicyclic) bond motifs is 1. The number of likely N-dealkylation sites (N-methyl/N-ethyl adjacent to an activating group) is 1. The van der Waals surface area contributed by atoms with Gasteiger partial charge in [0.25, 0.3) is 0 Å². The average molecular weight is 220 g/mol. The van der Waals surface area contributed by atoms with Crippen LogP contribution < -0.4 is 5.32 Å². The number of hydrogen-bond acceptors (Lipinski definition) is 3. The highest BCUT2D eigenvalue weighted by Crippen LogP contribution is 2.21. The topological polar surface area (TPSA) is 68.3 Å². The number of benzene rings is 1. The second kappa shape index (κ2) is 4.65. The molecule has 0 aliphatic carbocycles. The van der Waals surface area contributed by atoms with E-state index in [1.165, 1.54) is 0 Å². The van der Waals surface area contributed by atoms with E-state index in [2.05, 4.69) is 10.3 Å². The maximum Gasteiger partial charge on any atom is 0.106 e. The Labute approximate surface area is 93.9 Å². The molecule has 4 heteroatoms. The normalized spacial score (nSPS) is 15.2. The van der Waals surface area contributed by atoms with Gasteiger partial charge in [-0.05, 0) is 30.1 Å². The monoisotopic (exact) mass is 220 g/mol. The highest BCUT2D eigenvalue weighted by atomic mass is 16.3. The fraction of sp³-hybridized carbons (Fsp3) is 0.333. The number of aromatic nitrogens is 1. The van der Waals surface area contributed by atoms with E-state index in [1.807, 2.05) is 30.5 Å². The fourth-order valence-electron chi connectivity index (χ4n) is 1.79. The van der Waals surface area contributed by atoms with Crippen LogP contribution in [0.2, 0.25) is 0 Å². The van der Waals surface area contributed by atoms with E-state index in [4.69, 9.17) is 0 Å². The van der Waals surface area contributed by atoms with Gasteiger partial charge < -0.3 is 20.5 Å². The molecule has 0 aliphatic heterocycles. The second-order valence-electron chi connectivity index (χ2n) is 3.89. The molecular formula is C12H16N2O2. The summed E-state index contributed by atoms with van der Waals surface area (Å²) in [4.78, 5) is 3.08. The van der Waals surface area contributed by atoms with Gasteiger partial charge in [0.2, 0.25) is 0 Å². The van der Waals surface area contributed by atoms with Crippen molar-refractivity contribution in [2.75, 3.05) is 13.6 Å². The molecule has 1 heterocycles. The summed E-state index contributed by atoms with van der Waals surface area (Å²) in [6.45, 7) is 0.365. The summed E-state index contributed by atoms with van der Waals surface area (Å²) in [6, 6.07) is 7.59. The first-order valence-electron chi connectivity index (χ1n) is 5.30. The smallest absolute Gasteiger partial charge is 0.106 e. The largest absolute Gasteiger partial charge is 0.389 e. The van der Waals surface area contributed by atoms with Crippen LogP contribution in [0.15, 0.2) is 30.5 Å². The van der Waals surface area contributed by atoms with Gasteiger partial charge in [-0.25, -0.2) is 0 Å². The van der Waals surface area contributed by atoms with Crippen LogP contribution in [0.1, 0.15) is 11.7 Å². The number of aliphatic hydroxyl groups is 2. The van der Waals surface area contributed by atoms with E-state index >= 15 is 0 Å². The Hall–Kier alpha value is -1.36. The number of aliphatic hydroxyl groups excluding tert-OH is 2. The maximum atomic E-state index is 9.91. The number of nitrogens with one attached hydrogen (secondary N) is 2. The van der Waals surface area contributed by atoms with Crippen molar-refractivity contribution in [3.8, 4) is 0 Å². The summed E-state index contributed by atoms with van der Waals surface area (Å²) in [7, 11) is 1.74. The zero-order valence-electron chi connectivity index (χ0n) is 9.14. The van der Waals surface area contributed by atoms with E-state index in [0.717, 1.165) is 16.5 Å². The lowest BCUT2D eigenvalue weighted by atomic mass is 10.0. The van der Waals surface area contributed by atoms with Crippen LogP contribution >= 0.6 is 0 Å². The highest BCUT2D eigenvalue weighted by molar-refractivity contribution is 5.79. The molecule has 16 heavy (non-hydrogen) atoms. The average Bonchev–Trinajstić information content (AvgIpc) is 2.75. The van der Waals surface area contributed by atoms with Crippen LogP contribution in [0.25, 0.3) is 10.9 Å². The molecule has 1 aromatic heterocycles. The Balaban J connectivity index is 2.24. The lowest BCUT2D eigenvalue weighted by Gasteiger charge is -2.17. The Morgan fingerprint density at radius 2 is 2.12 bits per heavy atom. The van der Waals surface area contributed by atoms with Gasteiger partial charge in [-0.1, -0.05) is 12.1 Å². The van der Waals surface area contributed by atoms with Crippen molar-refractivity contribution in [3.63, 3.8) is 0 Å². The molecule has 0 aliphatic rings. The Morgan fingerprint density at radius 3 is 2.88 bits per heavy atom. The van der Waals surface area contributed by atoms with Crippen molar-refractivity contribution in [1.29, 1.82) is 0 Å². The molecule has 4 N–H and O–H groups in total. The standard InChI is InChI=1S/C12H16N2O2/c1-13-7-11(15)12(16)9-3-2-8-4-5-14-10(8)6-9/h2-6,11-16H,7H2,1H3. The van der Waals surface area contributed by atoms with Gasteiger partial charge in [0.05, 0.1) is 6.10 Å². The molecule has 2 atom stereocenters. The number of rotatable bonds is 4. The second-order valence-corrected chi connectivity index (χ2v) is 3.89. The lowest BCUT2D eigenvalue weighted by Crippen LogP contribution is -2.29. The van der Waals surface area contributed by atoms with Crippen molar-refractivity contribution in [2.24, 2.45) is 0 Å². The van der Waals surface area contributed by atoms with Crippen LogP contribution in [0.5, 0.6) is 0 Å². The lowest BCUT2D eigenvalue weighted by molar-refractivity contribution is 0.0203. The van der Waals surface area contributed by atoms with Gasteiger partial charge in [-0.15, -0.1) is 0 Å². The molecule has 0 spiro atoms. The van der Waals surface area contributed by atoms with Crippen molar-refractivity contribution in [1.82, 2.24) is 10.3 Å². The number of aromatic amines is 1. The van der Waals surface area contributed by atoms with Crippen molar-refractivity contribution in [3.05, 3.63) is 36.0 Å². The summed E-state index contributed by atoms with van der Waals surface area (Å²) in [6.07, 6.45) is 0.197. The van der Waals surface area contributed by atoms with E-state index in [-0.39, 0.29) is 0 Å². The number of hydrogen-bond donors (Lipinski definition) is 4. The van der Waals surface area contributed by atoms with Gasteiger partial charge in [0.1, 0.15) is 6.10 Å². The minimum absolute atomic E-state index is 0.365. The minimum atomic E-state index is -0.861. The van der Waals surface area contributed by atoms with Crippen LogP contribution in [-0.2, 0) is 0 Å². The van der Waals surface area contributed by atoms with Crippen molar-refractivity contribution in [2.45, 2.75) is 12.2 Å². The molecule has 0 radical (unpaired) electrons. The minimum Gasteiger partial charge on any atom is -0.389 e. The van der Waals surface area contributed by atoms with Gasteiger partial charge in [-0.3, -0.25) is 0 Å². The third kappa shape index (κ3) is 2.09. The SMILES string of the molecule is CNCC(O)C(O)c1ccc2cc[nH]c2c1. The summed E-state index contributed by atoms with van der Waals surface area (Å²) in [5.74, 6) is 0. The summed E-state index contributed by atoms with van der Waals surface area (Å²) in [5, 5.41) is 23.5. The summed E-state index contributed by atoms with van der Waals surface area (Å²) >= 11 is 0. The van der Waals surface area contributed by atoms with Gasteiger partial charge in [0, 0.05) is 18.3 Å². The van der Waals surface area contributed by atoms with E-state index in [9.17, 15) is 10.2 Å². The number of H-pyrrole nitrogens is 1. The third-order valence-electron chi connectivity index (χ3n) is 2.70. The third-order valence-corrected chi connectivity index (χ3v) is 2.70. The quantitative estimate of drug-likeness (QED) is 0.615. The van der Waals surface area contributed by atoms with Crippen LogP contribution in [-0.4, -0.2) is 34.9 Å². The molecule has 0 bridgehead atoms. The van der Waals surface area contributed by atoms with E-state index in [0.29, 0.717) is 6.54 Å². The predicted octanol–water partition coefficient (Wildman–Crippen LogP) is 0.782. The predicted molar refractivity (Wildman–Crippen MR) is 63.2 cm³/mol. The molecule has 4 nitrogen and oxygen atoms in total. The van der Waals surface area contributed by atoms with Gasteiger partial charge in [0.15, 0.2) is 0 Å². The zero-order valence-corrected chi connectivity index (χ0v) is 9.14. The van der Waals surface area contributed by atoms with Crippen LogP contribution in [0.3, 0.4) is 0 Å². The van der Waals surface area contributed by atoms with Crippen molar-refractivity contribution >= 4 is 10.9 Å². The first-order chi connectivity index (χ1) is 7.72. The Bertz CT molecular complexity index is 467. The summed E-state index contributed by atoms with van der Waals surface area (Å²) in [5.41, 5.74) is 1.69. The molecule has 2 rings (SSSR count). The van der Waals surface area contributed by atoms with Gasteiger partial charge >= 0.3 is 0 Å². The first kappa shape index (κ1) is 11.1. The molecule has 0 saturated carbocycles. The highest BCUT2D eigenvalue weighted by Gasteiger charge is 2.17. The van der Waals surface area contributed by atoms with Crippen LogP contribution in [0.4, 0.5) is 0 Å². The molecule has 0 saturated heterocycles. The van der Waals surface area contributed by atoms with Crippen molar-refractivity contribution < 1.29 is 10.2 Å². The zero-order chi connectivity index (χ0) is 11.5. The molecular weight excluding hydrogens is 204 g/mol. The van der Waals surface area contributed by atoms with Gasteiger partial charge in [-0.2, -0.15) is 0 Å².